The number of hydrogen-bond acceptors (Lipinski definition) is 3. The number of halogens is 2. The second-order valence-corrected chi connectivity index (χ2v) is 4.64. The van der Waals surface area contributed by atoms with E-state index in [1.165, 1.54) is 12.8 Å². The third kappa shape index (κ3) is 7.82. The van der Waals surface area contributed by atoms with Gasteiger partial charge in [-0.25, -0.2) is 4.99 Å². The quantitative estimate of drug-likeness (QED) is 0.497. The molecule has 0 unspecified atom stereocenters. The molecule has 1 rings (SSSR count). The smallest absolute Gasteiger partial charge is 0.159 e. The zero-order chi connectivity index (χ0) is 11.8. The Morgan fingerprint density at radius 1 is 1.33 bits per heavy atom. The van der Waals surface area contributed by atoms with Gasteiger partial charge in [0.25, 0.3) is 0 Å². The minimum atomic E-state index is 0. The van der Waals surface area contributed by atoms with E-state index >= 15 is 0 Å². The molecule has 0 fully saturated rings. The number of hydrogen-bond donors (Lipinski definition) is 2. The van der Waals surface area contributed by atoms with Crippen molar-refractivity contribution in [3.8, 4) is 0 Å². The van der Waals surface area contributed by atoms with Gasteiger partial charge in [-0.2, -0.15) is 0 Å². The average Bonchev–Trinajstić information content (AvgIpc) is 2.29. The number of nitrogens with two attached hydrogens (primary N) is 2. The number of rotatable bonds is 5. The third-order valence-corrected chi connectivity index (χ3v) is 3.01. The van der Waals surface area contributed by atoms with Gasteiger partial charge in [-0.3, -0.25) is 0 Å². The molecule has 1 aromatic carbocycles. The summed E-state index contributed by atoms with van der Waals surface area (Å²) in [6.45, 7) is 2.70. The van der Waals surface area contributed by atoms with Gasteiger partial charge in [-0.15, -0.1) is 24.8 Å². The molecule has 0 amide bonds. The van der Waals surface area contributed by atoms with Crippen molar-refractivity contribution < 1.29 is 0 Å². The highest BCUT2D eigenvalue weighted by Gasteiger charge is 1.96. The van der Waals surface area contributed by atoms with Crippen LogP contribution in [0, 0.1) is 0 Å². The Labute approximate surface area is 126 Å². The van der Waals surface area contributed by atoms with E-state index < -0.39 is 0 Å². The molecule has 18 heavy (non-hydrogen) atoms. The highest BCUT2D eigenvalue weighted by atomic mass is 35.5. The first-order chi connectivity index (χ1) is 7.76. The predicted molar refractivity (Wildman–Crippen MR) is 87.5 cm³/mol. The molecule has 1 aromatic rings. The van der Waals surface area contributed by atoms with Crippen LogP contribution in [0.25, 0.3) is 0 Å². The Bertz CT molecular complexity index is 359. The monoisotopic (exact) mass is 309 g/mol. The van der Waals surface area contributed by atoms with E-state index in [1.54, 1.807) is 11.8 Å². The van der Waals surface area contributed by atoms with Crippen LogP contribution in [-0.2, 0) is 6.54 Å². The summed E-state index contributed by atoms with van der Waals surface area (Å²) in [5, 5.41) is 0.627. The van der Waals surface area contributed by atoms with E-state index in [0.29, 0.717) is 11.7 Å². The number of benzene rings is 1. The third-order valence-electron chi connectivity index (χ3n) is 2.13. The van der Waals surface area contributed by atoms with E-state index in [2.05, 4.69) is 11.9 Å². The van der Waals surface area contributed by atoms with Gasteiger partial charge in [0, 0.05) is 12.3 Å². The van der Waals surface area contributed by atoms with E-state index in [9.17, 15) is 0 Å². The van der Waals surface area contributed by atoms with Crippen molar-refractivity contribution in [3.63, 3.8) is 0 Å². The van der Waals surface area contributed by atoms with E-state index in [-0.39, 0.29) is 24.8 Å². The summed E-state index contributed by atoms with van der Waals surface area (Å²) in [4.78, 5) is 4.34. The number of nitrogens with zero attached hydrogens (tertiary/aromatic N) is 1. The van der Waals surface area contributed by atoms with E-state index in [0.717, 1.165) is 17.0 Å². The molecule has 6 heteroatoms. The van der Waals surface area contributed by atoms with Crippen LogP contribution in [0.1, 0.15) is 25.3 Å². The SMILES string of the molecule is CCCCSC(N)=Nc1cccc(CN)c1.Cl.Cl. The molecule has 0 aliphatic carbocycles. The second kappa shape index (κ2) is 11.7. The lowest BCUT2D eigenvalue weighted by Gasteiger charge is -2.01. The molecule has 104 valence electrons. The molecular formula is C12H21Cl2N3S. The van der Waals surface area contributed by atoms with Crippen LogP contribution in [0.2, 0.25) is 0 Å². The topological polar surface area (TPSA) is 64.4 Å². The lowest BCUT2D eigenvalue weighted by atomic mass is 10.2. The van der Waals surface area contributed by atoms with Crippen LogP contribution in [0.4, 0.5) is 5.69 Å². The molecule has 0 aliphatic rings. The van der Waals surface area contributed by atoms with E-state index in [4.69, 9.17) is 11.5 Å². The van der Waals surface area contributed by atoms with Crippen molar-refractivity contribution in [2.45, 2.75) is 26.3 Å². The van der Waals surface area contributed by atoms with Crippen molar-refractivity contribution in [1.29, 1.82) is 0 Å². The van der Waals surface area contributed by atoms with Crippen LogP contribution >= 0.6 is 36.6 Å². The van der Waals surface area contributed by atoms with Crippen molar-refractivity contribution in [2.75, 3.05) is 5.75 Å². The Hall–Kier alpha value is -0.420. The first-order valence-electron chi connectivity index (χ1n) is 5.52. The number of aliphatic imine (C=N–C) groups is 1. The summed E-state index contributed by atoms with van der Waals surface area (Å²) in [7, 11) is 0. The molecule has 0 bridgehead atoms. The molecule has 4 N–H and O–H groups in total. The molecule has 0 spiro atoms. The van der Waals surface area contributed by atoms with Crippen LogP contribution in [0.3, 0.4) is 0 Å². The predicted octanol–water partition coefficient (Wildman–Crippen LogP) is 3.47. The normalized spacial score (nSPS) is 10.4. The maximum atomic E-state index is 5.82. The van der Waals surface area contributed by atoms with Crippen molar-refractivity contribution in [2.24, 2.45) is 16.5 Å². The van der Waals surface area contributed by atoms with Gasteiger partial charge >= 0.3 is 0 Å². The first kappa shape index (κ1) is 19.9. The van der Waals surface area contributed by atoms with Crippen LogP contribution in [0.15, 0.2) is 29.3 Å². The zero-order valence-electron chi connectivity index (χ0n) is 10.5. The molecule has 0 aromatic heterocycles. The highest BCUT2D eigenvalue weighted by molar-refractivity contribution is 8.13. The summed E-state index contributed by atoms with van der Waals surface area (Å²) in [6, 6.07) is 7.84. The molecular weight excluding hydrogens is 289 g/mol. The lowest BCUT2D eigenvalue weighted by Crippen LogP contribution is -2.06. The summed E-state index contributed by atoms with van der Waals surface area (Å²) in [5.41, 5.74) is 13.3. The van der Waals surface area contributed by atoms with Gasteiger partial charge in [-0.1, -0.05) is 37.2 Å². The zero-order valence-corrected chi connectivity index (χ0v) is 12.9. The second-order valence-electron chi connectivity index (χ2n) is 3.53. The largest absolute Gasteiger partial charge is 0.378 e. The Morgan fingerprint density at radius 2 is 2.06 bits per heavy atom. The summed E-state index contributed by atoms with van der Waals surface area (Å²) in [5.74, 6) is 1.03. The Kier molecular flexibility index (Phi) is 12.9. The fourth-order valence-corrected chi connectivity index (χ4v) is 2.05. The van der Waals surface area contributed by atoms with Crippen molar-refractivity contribution in [1.82, 2.24) is 0 Å². The van der Waals surface area contributed by atoms with Crippen LogP contribution < -0.4 is 11.5 Å². The number of unbranched alkanes of at least 4 members (excludes halogenated alkanes) is 1. The fourth-order valence-electron chi connectivity index (χ4n) is 1.23. The van der Waals surface area contributed by atoms with E-state index in [1.807, 2.05) is 24.3 Å². The summed E-state index contributed by atoms with van der Waals surface area (Å²) >= 11 is 1.61. The van der Waals surface area contributed by atoms with Crippen molar-refractivity contribution in [3.05, 3.63) is 29.8 Å². The maximum Gasteiger partial charge on any atom is 0.159 e. The van der Waals surface area contributed by atoms with Crippen LogP contribution in [-0.4, -0.2) is 10.9 Å². The standard InChI is InChI=1S/C12H19N3S.2ClH/c1-2-3-7-16-12(14)15-11-6-4-5-10(8-11)9-13;;/h4-6,8H,2-3,7,9,13H2,1H3,(H2,14,15);2*1H. The maximum absolute atomic E-state index is 5.82. The lowest BCUT2D eigenvalue weighted by molar-refractivity contribution is 0.898. The first-order valence-corrected chi connectivity index (χ1v) is 6.50. The molecule has 0 saturated carbocycles. The molecule has 0 heterocycles. The van der Waals surface area contributed by atoms with Gasteiger partial charge < -0.3 is 11.5 Å². The van der Waals surface area contributed by atoms with Gasteiger partial charge in [-0.05, 0) is 24.1 Å². The number of thioether (sulfide) groups is 1. The number of amidine groups is 1. The summed E-state index contributed by atoms with van der Waals surface area (Å²) < 4.78 is 0. The van der Waals surface area contributed by atoms with Crippen LogP contribution in [0.5, 0.6) is 0 Å². The van der Waals surface area contributed by atoms with Gasteiger partial charge in [0.15, 0.2) is 5.17 Å². The Morgan fingerprint density at radius 3 is 2.67 bits per heavy atom. The molecule has 0 atom stereocenters. The minimum absolute atomic E-state index is 0. The van der Waals surface area contributed by atoms with Crippen molar-refractivity contribution >= 4 is 47.4 Å². The molecule has 0 saturated heterocycles. The minimum Gasteiger partial charge on any atom is -0.378 e. The van der Waals surface area contributed by atoms with Gasteiger partial charge in [0.1, 0.15) is 0 Å². The average molecular weight is 310 g/mol. The van der Waals surface area contributed by atoms with Gasteiger partial charge in [0.2, 0.25) is 0 Å². The summed E-state index contributed by atoms with van der Waals surface area (Å²) in [6.07, 6.45) is 2.35. The fraction of sp³-hybridized carbons (Fsp3) is 0.417. The highest BCUT2D eigenvalue weighted by Crippen LogP contribution is 2.16. The molecule has 0 aliphatic heterocycles. The Balaban J connectivity index is 0. The van der Waals surface area contributed by atoms with Gasteiger partial charge in [0.05, 0.1) is 5.69 Å². The molecule has 3 nitrogen and oxygen atoms in total. The molecule has 0 radical (unpaired) electrons.